The third-order valence-electron chi connectivity index (χ3n) is 2.65. The van der Waals surface area contributed by atoms with Gasteiger partial charge in [0.05, 0.1) is 10.3 Å². The van der Waals surface area contributed by atoms with Crippen LogP contribution >= 0.6 is 0 Å². The zero-order valence-corrected chi connectivity index (χ0v) is 9.18. The molecule has 6 nitrogen and oxygen atoms in total. The van der Waals surface area contributed by atoms with Crippen molar-refractivity contribution in [3.8, 4) is 5.75 Å². The first kappa shape index (κ1) is 14.7. The van der Waals surface area contributed by atoms with E-state index < -0.39 is 22.0 Å². The second-order valence-corrected chi connectivity index (χ2v) is 3.78. The molecule has 18 heavy (non-hydrogen) atoms. The van der Waals surface area contributed by atoms with E-state index in [0.29, 0.717) is 0 Å². The molecule has 0 bridgehead atoms. The van der Waals surface area contributed by atoms with E-state index in [4.69, 9.17) is 4.42 Å². The van der Waals surface area contributed by atoms with Crippen molar-refractivity contribution in [2.45, 2.75) is 13.8 Å². The fourth-order valence-corrected chi connectivity index (χ4v) is 1.59. The molecule has 0 saturated carbocycles. The normalized spacial score (nSPS) is 10.1. The molecule has 2 aromatic rings. The molecule has 0 amide bonds. The number of aromatic hydroxyl groups is 1. The van der Waals surface area contributed by atoms with Crippen molar-refractivity contribution in [1.82, 2.24) is 0 Å². The van der Waals surface area contributed by atoms with Gasteiger partial charge in [-0.2, -0.15) is 0 Å². The molecule has 0 aliphatic carbocycles. The van der Waals surface area contributed by atoms with Gasteiger partial charge in [-0.3, -0.25) is 10.1 Å². The van der Waals surface area contributed by atoms with Crippen LogP contribution in [0.4, 0.5) is 5.69 Å². The van der Waals surface area contributed by atoms with Gasteiger partial charge in [0, 0.05) is 0 Å². The molecule has 0 spiro atoms. The molecular formula is C11H10NNaO5. The van der Waals surface area contributed by atoms with Crippen LogP contribution in [0.5, 0.6) is 5.75 Å². The summed E-state index contributed by atoms with van der Waals surface area (Å²) in [6.45, 7) is 3.61. The van der Waals surface area contributed by atoms with E-state index in [1.807, 2.05) is 6.92 Å². The monoisotopic (exact) mass is 259 g/mol. The third kappa shape index (κ3) is 2.27. The Hall–Kier alpha value is -1.37. The second kappa shape index (κ2) is 5.09. The maximum absolute atomic E-state index is 11.3. The molecule has 0 fully saturated rings. The van der Waals surface area contributed by atoms with Crippen molar-refractivity contribution >= 4 is 46.2 Å². The van der Waals surface area contributed by atoms with E-state index in [9.17, 15) is 20.0 Å². The molecule has 0 aliphatic heterocycles. The van der Waals surface area contributed by atoms with Gasteiger partial charge in [0.2, 0.25) is 5.75 Å². The van der Waals surface area contributed by atoms with Gasteiger partial charge in [0.25, 0.3) is 0 Å². The standard InChI is InChI=1S/C11H9NO5.Na.H/c1-5-3-7-8(4-6(5)2)17-11(14)9(10(7)13)12(15)16;;/h3-4,13H,1-2H3;;. The number of rotatable bonds is 1. The number of aryl methyl sites for hydroxylation is 2. The fourth-order valence-electron chi connectivity index (χ4n) is 1.59. The molecule has 1 heterocycles. The molecule has 0 atom stereocenters. The van der Waals surface area contributed by atoms with E-state index in [1.54, 1.807) is 19.1 Å². The van der Waals surface area contributed by atoms with Crippen LogP contribution in [0, 0.1) is 24.0 Å². The van der Waals surface area contributed by atoms with Crippen LogP contribution in [0.3, 0.4) is 0 Å². The van der Waals surface area contributed by atoms with E-state index in [1.165, 1.54) is 0 Å². The predicted molar refractivity (Wildman–Crippen MR) is 67.4 cm³/mol. The SMILES string of the molecule is Cc1cc2oc(=O)c([N+](=O)[O-])c(O)c2cc1C.[NaH]. The van der Waals surface area contributed by atoms with Crippen LogP contribution in [0.2, 0.25) is 0 Å². The Morgan fingerprint density at radius 2 is 1.83 bits per heavy atom. The van der Waals surface area contributed by atoms with E-state index >= 15 is 0 Å². The van der Waals surface area contributed by atoms with Crippen molar-refractivity contribution in [2.75, 3.05) is 0 Å². The van der Waals surface area contributed by atoms with Crippen LogP contribution in [-0.2, 0) is 0 Å². The van der Waals surface area contributed by atoms with Crippen LogP contribution < -0.4 is 5.63 Å². The Labute approximate surface area is 124 Å². The van der Waals surface area contributed by atoms with Gasteiger partial charge in [-0.1, -0.05) is 0 Å². The Balaban J connectivity index is 0.00000162. The average Bonchev–Trinajstić information content (AvgIpc) is 2.21. The van der Waals surface area contributed by atoms with Gasteiger partial charge in [-0.25, -0.2) is 4.79 Å². The number of benzene rings is 1. The summed E-state index contributed by atoms with van der Waals surface area (Å²) in [5.41, 5.74) is -0.227. The first-order valence-corrected chi connectivity index (χ1v) is 4.83. The zero-order chi connectivity index (χ0) is 12.7. The third-order valence-corrected chi connectivity index (χ3v) is 2.65. The molecule has 90 valence electrons. The molecule has 1 aromatic carbocycles. The average molecular weight is 259 g/mol. The van der Waals surface area contributed by atoms with Crippen LogP contribution in [0.15, 0.2) is 21.3 Å². The Kier molecular flexibility index (Phi) is 4.16. The minimum atomic E-state index is -1.15. The first-order valence-electron chi connectivity index (χ1n) is 4.83. The zero-order valence-electron chi connectivity index (χ0n) is 9.18. The van der Waals surface area contributed by atoms with Crippen molar-refractivity contribution in [1.29, 1.82) is 0 Å². The molecule has 0 aliphatic rings. The van der Waals surface area contributed by atoms with E-state index in [-0.39, 0.29) is 40.5 Å². The Morgan fingerprint density at radius 3 is 2.39 bits per heavy atom. The van der Waals surface area contributed by atoms with Crippen molar-refractivity contribution < 1.29 is 14.4 Å². The van der Waals surface area contributed by atoms with Crippen molar-refractivity contribution in [2.24, 2.45) is 0 Å². The molecule has 0 saturated heterocycles. The molecule has 0 radical (unpaired) electrons. The summed E-state index contributed by atoms with van der Waals surface area (Å²) in [6, 6.07) is 3.12. The number of fused-ring (bicyclic) bond motifs is 1. The van der Waals surface area contributed by atoms with Gasteiger partial charge >= 0.3 is 40.9 Å². The van der Waals surface area contributed by atoms with Gasteiger partial charge in [-0.15, -0.1) is 0 Å². The van der Waals surface area contributed by atoms with Crippen LogP contribution in [0.25, 0.3) is 11.0 Å². The fraction of sp³-hybridized carbons (Fsp3) is 0.182. The molecule has 1 N–H and O–H groups in total. The number of hydrogen-bond donors (Lipinski definition) is 1. The van der Waals surface area contributed by atoms with Gasteiger partial charge < -0.3 is 9.52 Å². The summed E-state index contributed by atoms with van der Waals surface area (Å²) in [7, 11) is 0. The summed E-state index contributed by atoms with van der Waals surface area (Å²) in [6.07, 6.45) is 0. The Bertz CT molecular complexity index is 692. The van der Waals surface area contributed by atoms with Crippen LogP contribution in [-0.4, -0.2) is 39.6 Å². The molecule has 0 unspecified atom stereocenters. The van der Waals surface area contributed by atoms with Gasteiger partial charge in [0.1, 0.15) is 5.58 Å². The Morgan fingerprint density at radius 1 is 1.28 bits per heavy atom. The van der Waals surface area contributed by atoms with E-state index in [0.717, 1.165) is 11.1 Å². The molecule has 2 rings (SSSR count). The topological polar surface area (TPSA) is 93.6 Å². The van der Waals surface area contributed by atoms with Crippen molar-refractivity contribution in [3.05, 3.63) is 43.8 Å². The summed E-state index contributed by atoms with van der Waals surface area (Å²) < 4.78 is 4.81. The van der Waals surface area contributed by atoms with Crippen molar-refractivity contribution in [3.63, 3.8) is 0 Å². The number of nitro groups is 1. The maximum atomic E-state index is 11.3. The minimum absolute atomic E-state index is 0. The molecule has 1 aromatic heterocycles. The van der Waals surface area contributed by atoms with Crippen LogP contribution in [0.1, 0.15) is 11.1 Å². The number of nitrogens with zero attached hydrogens (tertiary/aromatic N) is 1. The van der Waals surface area contributed by atoms with Gasteiger partial charge in [0.15, 0.2) is 0 Å². The predicted octanol–water partition coefficient (Wildman–Crippen LogP) is 1.38. The molecular weight excluding hydrogens is 249 g/mol. The first-order chi connectivity index (χ1) is 7.91. The summed E-state index contributed by atoms with van der Waals surface area (Å²) >= 11 is 0. The summed E-state index contributed by atoms with van der Waals surface area (Å²) in [4.78, 5) is 21.0. The molecule has 7 heteroatoms. The number of hydrogen-bond acceptors (Lipinski definition) is 5. The van der Waals surface area contributed by atoms with Gasteiger partial charge in [-0.05, 0) is 37.1 Å². The second-order valence-electron chi connectivity index (χ2n) is 3.78. The summed E-state index contributed by atoms with van der Waals surface area (Å²) in [5.74, 6) is -0.649. The quantitative estimate of drug-likeness (QED) is 0.361. The summed E-state index contributed by atoms with van der Waals surface area (Å²) in [5, 5.41) is 20.5. The van der Waals surface area contributed by atoms with E-state index in [2.05, 4.69) is 0 Å².